The third kappa shape index (κ3) is 4.34. The molecule has 0 fully saturated rings. The standard InChI is InChI=1S/C21H26N2O4/c1-14-4-5-18(24)17(10-14)21(25)22-7-9-23-8-6-15-11-19(26-2)20(27-3)12-16(15)13-23/h4-5,10-12,24H,6-9,13H2,1-3H3,(H,22,25). The number of phenols is 1. The lowest BCUT2D eigenvalue weighted by molar-refractivity contribution is 0.0944. The molecule has 3 rings (SSSR count). The van der Waals surface area contributed by atoms with Crippen LogP contribution in [0.25, 0.3) is 0 Å². The number of nitrogens with zero attached hydrogens (tertiary/aromatic N) is 1. The Morgan fingerprint density at radius 1 is 1.15 bits per heavy atom. The van der Waals surface area contributed by atoms with E-state index in [9.17, 15) is 9.90 Å². The summed E-state index contributed by atoms with van der Waals surface area (Å²) in [5.74, 6) is 1.25. The maximum atomic E-state index is 12.3. The lowest BCUT2D eigenvalue weighted by atomic mass is 9.99. The van der Waals surface area contributed by atoms with Gasteiger partial charge >= 0.3 is 0 Å². The van der Waals surface area contributed by atoms with E-state index in [1.807, 2.05) is 19.1 Å². The van der Waals surface area contributed by atoms with Crippen molar-refractivity contribution in [1.29, 1.82) is 0 Å². The van der Waals surface area contributed by atoms with E-state index < -0.39 is 0 Å². The summed E-state index contributed by atoms with van der Waals surface area (Å²) < 4.78 is 10.8. The molecule has 1 aliphatic rings. The first-order valence-electron chi connectivity index (χ1n) is 9.05. The van der Waals surface area contributed by atoms with Gasteiger partial charge in [0.2, 0.25) is 0 Å². The molecule has 2 N–H and O–H groups in total. The van der Waals surface area contributed by atoms with E-state index in [0.717, 1.165) is 43.1 Å². The first-order chi connectivity index (χ1) is 13.0. The summed E-state index contributed by atoms with van der Waals surface area (Å²) in [7, 11) is 3.29. The zero-order valence-corrected chi connectivity index (χ0v) is 16.0. The van der Waals surface area contributed by atoms with Gasteiger partial charge in [-0.25, -0.2) is 0 Å². The van der Waals surface area contributed by atoms with E-state index >= 15 is 0 Å². The topological polar surface area (TPSA) is 71.0 Å². The summed E-state index contributed by atoms with van der Waals surface area (Å²) >= 11 is 0. The fourth-order valence-electron chi connectivity index (χ4n) is 3.39. The summed E-state index contributed by atoms with van der Waals surface area (Å²) in [6.45, 7) is 4.89. The molecule has 1 amide bonds. The Balaban J connectivity index is 1.57. The molecule has 0 radical (unpaired) electrons. The van der Waals surface area contributed by atoms with Crippen molar-refractivity contribution in [2.24, 2.45) is 0 Å². The van der Waals surface area contributed by atoms with Crippen LogP contribution < -0.4 is 14.8 Å². The van der Waals surface area contributed by atoms with Crippen LogP contribution in [0.1, 0.15) is 27.0 Å². The Labute approximate surface area is 159 Å². The summed E-state index contributed by atoms with van der Waals surface area (Å²) in [5.41, 5.74) is 3.75. The molecule has 2 aromatic rings. The van der Waals surface area contributed by atoms with Crippen molar-refractivity contribution in [2.45, 2.75) is 19.9 Å². The smallest absolute Gasteiger partial charge is 0.255 e. The van der Waals surface area contributed by atoms with Crippen LogP contribution in [-0.4, -0.2) is 49.8 Å². The van der Waals surface area contributed by atoms with E-state index in [0.29, 0.717) is 12.1 Å². The van der Waals surface area contributed by atoms with Gasteiger partial charge in [-0.15, -0.1) is 0 Å². The number of carbonyl (C=O) groups excluding carboxylic acids is 1. The van der Waals surface area contributed by atoms with Gasteiger partial charge in [0, 0.05) is 26.2 Å². The molecular weight excluding hydrogens is 344 g/mol. The van der Waals surface area contributed by atoms with Crippen LogP contribution in [0.4, 0.5) is 0 Å². The summed E-state index contributed by atoms with van der Waals surface area (Å²) in [6.07, 6.45) is 0.933. The van der Waals surface area contributed by atoms with Crippen molar-refractivity contribution < 1.29 is 19.4 Å². The van der Waals surface area contributed by atoms with Gasteiger partial charge in [0.05, 0.1) is 19.8 Å². The molecule has 1 heterocycles. The third-order valence-electron chi connectivity index (χ3n) is 4.91. The fourth-order valence-corrected chi connectivity index (χ4v) is 3.39. The lowest BCUT2D eigenvalue weighted by Crippen LogP contribution is -2.37. The quantitative estimate of drug-likeness (QED) is 0.818. The highest BCUT2D eigenvalue weighted by atomic mass is 16.5. The van der Waals surface area contributed by atoms with Crippen LogP contribution in [0.5, 0.6) is 17.2 Å². The molecule has 0 aliphatic carbocycles. The molecule has 6 nitrogen and oxygen atoms in total. The molecule has 2 aromatic carbocycles. The second-order valence-electron chi connectivity index (χ2n) is 6.78. The van der Waals surface area contributed by atoms with Crippen LogP contribution in [0.15, 0.2) is 30.3 Å². The number of aryl methyl sites for hydroxylation is 1. The number of hydrogen-bond acceptors (Lipinski definition) is 5. The van der Waals surface area contributed by atoms with Crippen molar-refractivity contribution >= 4 is 5.91 Å². The number of phenolic OH excluding ortho intramolecular Hbond substituents is 1. The van der Waals surface area contributed by atoms with Crippen molar-refractivity contribution in [1.82, 2.24) is 10.2 Å². The van der Waals surface area contributed by atoms with E-state index in [1.165, 1.54) is 11.1 Å². The van der Waals surface area contributed by atoms with Gasteiger partial charge in [0.15, 0.2) is 11.5 Å². The number of aromatic hydroxyl groups is 1. The van der Waals surface area contributed by atoms with E-state index in [1.54, 1.807) is 32.4 Å². The number of ether oxygens (including phenoxy) is 2. The largest absolute Gasteiger partial charge is 0.507 e. The Kier molecular flexibility index (Phi) is 5.86. The van der Waals surface area contributed by atoms with Gasteiger partial charge in [0.1, 0.15) is 5.75 Å². The van der Waals surface area contributed by atoms with Crippen LogP contribution in [0.2, 0.25) is 0 Å². The molecule has 0 bridgehead atoms. The summed E-state index contributed by atoms with van der Waals surface area (Å²) in [6, 6.07) is 9.10. The molecule has 0 unspecified atom stereocenters. The van der Waals surface area contributed by atoms with Gasteiger partial charge < -0.3 is 19.9 Å². The normalized spacial score (nSPS) is 13.7. The first kappa shape index (κ1) is 19.0. The molecule has 6 heteroatoms. The zero-order chi connectivity index (χ0) is 19.4. The number of nitrogens with one attached hydrogen (secondary N) is 1. The lowest BCUT2D eigenvalue weighted by Gasteiger charge is -2.29. The summed E-state index contributed by atoms with van der Waals surface area (Å²) in [5, 5.41) is 12.8. The van der Waals surface area contributed by atoms with Crippen LogP contribution in [0.3, 0.4) is 0 Å². The van der Waals surface area contributed by atoms with Crippen molar-refractivity contribution in [3.63, 3.8) is 0 Å². The van der Waals surface area contributed by atoms with Crippen molar-refractivity contribution in [3.8, 4) is 17.2 Å². The van der Waals surface area contributed by atoms with Crippen LogP contribution in [-0.2, 0) is 13.0 Å². The van der Waals surface area contributed by atoms with Crippen LogP contribution >= 0.6 is 0 Å². The van der Waals surface area contributed by atoms with Gasteiger partial charge in [-0.05, 0) is 48.7 Å². The minimum absolute atomic E-state index is 0.00559. The third-order valence-corrected chi connectivity index (χ3v) is 4.91. The SMILES string of the molecule is COc1cc2c(cc1OC)CN(CCNC(=O)c1cc(C)ccc1O)CC2. The number of fused-ring (bicyclic) bond motifs is 1. The Morgan fingerprint density at radius 2 is 1.85 bits per heavy atom. The molecule has 1 aliphatic heterocycles. The maximum Gasteiger partial charge on any atom is 0.255 e. The first-order valence-corrected chi connectivity index (χ1v) is 9.05. The molecule has 0 saturated carbocycles. The second kappa shape index (κ2) is 8.31. The zero-order valence-electron chi connectivity index (χ0n) is 16.0. The molecule has 144 valence electrons. The van der Waals surface area contributed by atoms with Gasteiger partial charge in [0.25, 0.3) is 5.91 Å². The number of rotatable bonds is 6. The number of methoxy groups -OCH3 is 2. The Bertz CT molecular complexity index is 835. The van der Waals surface area contributed by atoms with E-state index in [4.69, 9.17) is 9.47 Å². The molecule has 0 atom stereocenters. The van der Waals surface area contributed by atoms with Crippen molar-refractivity contribution in [3.05, 3.63) is 52.6 Å². The highest BCUT2D eigenvalue weighted by Crippen LogP contribution is 2.33. The van der Waals surface area contributed by atoms with E-state index in [2.05, 4.69) is 10.2 Å². The predicted molar refractivity (Wildman–Crippen MR) is 104 cm³/mol. The van der Waals surface area contributed by atoms with Crippen molar-refractivity contribution in [2.75, 3.05) is 33.9 Å². The van der Waals surface area contributed by atoms with E-state index in [-0.39, 0.29) is 11.7 Å². The number of amides is 1. The van der Waals surface area contributed by atoms with Gasteiger partial charge in [-0.2, -0.15) is 0 Å². The predicted octanol–water partition coefficient (Wildman–Crippen LogP) is 2.51. The molecule has 27 heavy (non-hydrogen) atoms. The average molecular weight is 370 g/mol. The molecule has 0 aromatic heterocycles. The number of carbonyl (C=O) groups is 1. The van der Waals surface area contributed by atoms with Crippen LogP contribution in [0, 0.1) is 6.92 Å². The van der Waals surface area contributed by atoms with Gasteiger partial charge in [-0.1, -0.05) is 11.6 Å². The number of hydrogen-bond donors (Lipinski definition) is 2. The second-order valence-corrected chi connectivity index (χ2v) is 6.78. The monoisotopic (exact) mass is 370 g/mol. The highest BCUT2D eigenvalue weighted by Gasteiger charge is 2.19. The Hall–Kier alpha value is -2.73. The minimum atomic E-state index is -0.250. The minimum Gasteiger partial charge on any atom is -0.507 e. The molecular formula is C21H26N2O4. The average Bonchev–Trinajstić information content (AvgIpc) is 2.68. The fraction of sp³-hybridized carbons (Fsp3) is 0.381. The number of benzene rings is 2. The molecule has 0 spiro atoms. The summed E-state index contributed by atoms with van der Waals surface area (Å²) in [4.78, 5) is 14.6. The molecule has 0 saturated heterocycles. The Morgan fingerprint density at radius 3 is 2.56 bits per heavy atom. The maximum absolute atomic E-state index is 12.3. The highest BCUT2D eigenvalue weighted by molar-refractivity contribution is 5.96. The van der Waals surface area contributed by atoms with Gasteiger partial charge in [-0.3, -0.25) is 9.69 Å².